The number of carbonyl (C=O) groups excluding carboxylic acids is 1. The number of aliphatic hydroxyl groups is 7. The average molecular weight is 529 g/mol. The third-order valence-corrected chi connectivity index (χ3v) is 7.68. The van der Waals surface area contributed by atoms with Gasteiger partial charge < -0.3 is 54.7 Å². The minimum absolute atomic E-state index is 0.215. The fourth-order valence-corrected chi connectivity index (χ4v) is 5.32. The molecule has 10 atom stereocenters. The molecular weight excluding hydrogens is 488 g/mol. The van der Waals surface area contributed by atoms with Gasteiger partial charge in [0.2, 0.25) is 0 Å². The van der Waals surface area contributed by atoms with Gasteiger partial charge in [-0.05, 0) is 12.8 Å². The lowest BCUT2D eigenvalue weighted by molar-refractivity contribution is -0.316. The van der Waals surface area contributed by atoms with Gasteiger partial charge in [0.15, 0.2) is 6.29 Å². The van der Waals surface area contributed by atoms with Crippen LogP contribution in [0.15, 0.2) is 0 Å². The van der Waals surface area contributed by atoms with E-state index in [0.29, 0.717) is 12.8 Å². The minimum atomic E-state index is -1.58. The van der Waals surface area contributed by atoms with Gasteiger partial charge in [-0.1, -0.05) is 25.7 Å². The second kappa shape index (κ2) is 15.6. The quantitative estimate of drug-likeness (QED) is 0.0991. The maximum absolute atomic E-state index is 11.1. The van der Waals surface area contributed by atoms with Crippen LogP contribution in [0.2, 0.25) is 0 Å². The lowest BCUT2D eigenvalue weighted by atomic mass is 9.98. The molecule has 2 aliphatic heterocycles. The topological polar surface area (TPSA) is 196 Å². The molecule has 0 bridgehead atoms. The summed E-state index contributed by atoms with van der Waals surface area (Å²) in [7, 11) is 1.37. The Hall–Kier alpha value is -0.580. The molecule has 12 nitrogen and oxygen atoms in total. The third-order valence-electron chi connectivity index (χ3n) is 6.25. The van der Waals surface area contributed by atoms with Crippen LogP contribution in [0.3, 0.4) is 0 Å². The van der Waals surface area contributed by atoms with Gasteiger partial charge in [0.25, 0.3) is 0 Å². The van der Waals surface area contributed by atoms with E-state index in [9.17, 15) is 40.5 Å². The summed E-state index contributed by atoms with van der Waals surface area (Å²) in [6.07, 6.45) is -5.52. The Kier molecular flexibility index (Phi) is 13.7. The van der Waals surface area contributed by atoms with Crippen molar-refractivity contribution >= 4 is 17.7 Å². The second-order valence-corrected chi connectivity index (χ2v) is 10.2. The van der Waals surface area contributed by atoms with Crippen molar-refractivity contribution in [2.24, 2.45) is 0 Å². The summed E-state index contributed by atoms with van der Waals surface area (Å²) in [5, 5.41) is 69.4. The smallest absolute Gasteiger partial charge is 0.305 e. The van der Waals surface area contributed by atoms with Crippen LogP contribution in [0.5, 0.6) is 0 Å². The normalized spacial score (nSPS) is 37.8. The third kappa shape index (κ3) is 8.75. The molecule has 35 heavy (non-hydrogen) atoms. The molecule has 7 N–H and O–H groups in total. The summed E-state index contributed by atoms with van der Waals surface area (Å²) >= 11 is 0.887. The summed E-state index contributed by atoms with van der Waals surface area (Å²) in [6.45, 7) is -0.791. The number of aliphatic hydroxyl groups excluding tert-OH is 7. The molecule has 0 spiro atoms. The summed E-state index contributed by atoms with van der Waals surface area (Å²) < 4.78 is 21.7. The number of hydrogen-bond acceptors (Lipinski definition) is 13. The molecule has 0 aliphatic carbocycles. The fraction of sp³-hybridized carbons (Fsp3) is 0.955. The number of esters is 1. The Morgan fingerprint density at radius 2 is 1.49 bits per heavy atom. The summed E-state index contributed by atoms with van der Waals surface area (Å²) in [5.74, 6) is -0.215. The van der Waals surface area contributed by atoms with Crippen LogP contribution in [0, 0.1) is 0 Å². The second-order valence-electron chi connectivity index (χ2n) is 8.82. The van der Waals surface area contributed by atoms with Gasteiger partial charge in [-0.15, -0.1) is 11.8 Å². The van der Waals surface area contributed by atoms with Gasteiger partial charge in [0.1, 0.15) is 42.1 Å². The maximum atomic E-state index is 11.1. The Morgan fingerprint density at radius 3 is 2.11 bits per heavy atom. The van der Waals surface area contributed by atoms with Crippen molar-refractivity contribution in [1.82, 2.24) is 0 Å². The molecule has 0 aromatic rings. The van der Waals surface area contributed by atoms with Crippen molar-refractivity contribution < 1.29 is 59.5 Å². The largest absolute Gasteiger partial charge is 0.469 e. The summed E-state index contributed by atoms with van der Waals surface area (Å²) in [4.78, 5) is 11.1. The van der Waals surface area contributed by atoms with Crippen LogP contribution in [0.1, 0.15) is 44.9 Å². The number of rotatable bonds is 14. The van der Waals surface area contributed by atoms with Crippen molar-refractivity contribution in [3.8, 4) is 0 Å². The van der Waals surface area contributed by atoms with Gasteiger partial charge in [-0.25, -0.2) is 0 Å². The van der Waals surface area contributed by atoms with Crippen molar-refractivity contribution in [2.75, 3.05) is 26.9 Å². The van der Waals surface area contributed by atoms with Crippen LogP contribution in [0.4, 0.5) is 0 Å². The van der Waals surface area contributed by atoms with E-state index in [2.05, 4.69) is 4.74 Å². The van der Waals surface area contributed by atoms with E-state index in [1.165, 1.54) is 7.11 Å². The van der Waals surface area contributed by atoms with Crippen molar-refractivity contribution in [2.45, 2.75) is 105 Å². The zero-order chi connectivity index (χ0) is 26.0. The lowest BCUT2D eigenvalue weighted by Crippen LogP contribution is -2.62. The summed E-state index contributed by atoms with van der Waals surface area (Å²) in [5.41, 5.74) is -1.15. The number of carbonyl (C=O) groups is 1. The summed E-state index contributed by atoms with van der Waals surface area (Å²) in [6, 6.07) is 0. The number of thioether (sulfide) groups is 1. The van der Waals surface area contributed by atoms with Crippen molar-refractivity contribution in [3.05, 3.63) is 0 Å². The first-order valence-corrected chi connectivity index (χ1v) is 13.0. The highest BCUT2D eigenvalue weighted by Crippen LogP contribution is 2.36. The maximum Gasteiger partial charge on any atom is 0.305 e. The number of hydrogen-bond donors (Lipinski definition) is 7. The number of unbranched alkanes of at least 4 members (excludes halogenated alkanes) is 5. The molecule has 2 saturated heterocycles. The van der Waals surface area contributed by atoms with E-state index in [0.717, 1.165) is 43.9 Å². The Bertz CT molecular complexity index is 611. The van der Waals surface area contributed by atoms with Crippen LogP contribution in [-0.2, 0) is 23.7 Å². The molecule has 0 unspecified atom stereocenters. The van der Waals surface area contributed by atoms with E-state index in [4.69, 9.17) is 14.2 Å². The minimum Gasteiger partial charge on any atom is -0.469 e. The van der Waals surface area contributed by atoms with E-state index >= 15 is 0 Å². The van der Waals surface area contributed by atoms with Gasteiger partial charge in [-0.3, -0.25) is 4.79 Å². The molecule has 0 aromatic heterocycles. The van der Waals surface area contributed by atoms with Crippen LogP contribution in [0.25, 0.3) is 0 Å². The average Bonchev–Trinajstić information content (AvgIpc) is 2.86. The van der Waals surface area contributed by atoms with Crippen LogP contribution < -0.4 is 0 Å². The van der Waals surface area contributed by atoms with Gasteiger partial charge >= 0.3 is 5.97 Å². The van der Waals surface area contributed by atoms with Gasteiger partial charge in [0.05, 0.1) is 31.7 Å². The Labute approximate surface area is 209 Å². The fourth-order valence-electron chi connectivity index (χ4n) is 4.05. The first-order chi connectivity index (χ1) is 16.7. The van der Waals surface area contributed by atoms with Crippen molar-refractivity contribution in [1.29, 1.82) is 0 Å². The molecule has 0 aromatic carbocycles. The van der Waals surface area contributed by atoms with Gasteiger partial charge in [0, 0.05) is 13.0 Å². The highest BCUT2D eigenvalue weighted by atomic mass is 32.2. The molecule has 2 aliphatic rings. The van der Waals surface area contributed by atoms with E-state index in [-0.39, 0.29) is 12.6 Å². The van der Waals surface area contributed by atoms with E-state index < -0.39 is 72.9 Å². The van der Waals surface area contributed by atoms with Crippen LogP contribution >= 0.6 is 11.8 Å². The first-order valence-electron chi connectivity index (χ1n) is 12.0. The van der Waals surface area contributed by atoms with E-state index in [1.54, 1.807) is 0 Å². The molecule has 2 rings (SSSR count). The van der Waals surface area contributed by atoms with Crippen LogP contribution in [-0.4, -0.2) is 128 Å². The molecule has 13 heteroatoms. The Morgan fingerprint density at radius 1 is 0.829 bits per heavy atom. The van der Waals surface area contributed by atoms with Crippen molar-refractivity contribution in [3.63, 3.8) is 0 Å². The predicted molar refractivity (Wildman–Crippen MR) is 123 cm³/mol. The monoisotopic (exact) mass is 528 g/mol. The lowest BCUT2D eigenvalue weighted by Gasteiger charge is -2.45. The first kappa shape index (κ1) is 30.6. The zero-order valence-corrected chi connectivity index (χ0v) is 20.7. The molecular formula is C22H40O12S. The molecule has 2 fully saturated rings. The van der Waals surface area contributed by atoms with Gasteiger partial charge in [-0.2, -0.15) is 0 Å². The zero-order valence-electron chi connectivity index (χ0n) is 19.9. The number of ether oxygens (including phenoxy) is 4. The standard InChI is InChI=1S/C22H40O12S/c1-31-14(25)8-6-4-2-3-5-7-9-32-21-20(18(29)15(26)12(10-23)33-21)34-22-19(30)17(28)16(27)13(11-24)35-22/h12-13,15-24,26-30H,2-11H2,1H3/t12-,13-,15-,16-,17+,18+,19+,20+,21+,22+/m1/s1. The molecule has 2 heterocycles. The molecule has 0 amide bonds. The molecule has 206 valence electrons. The molecule has 0 saturated carbocycles. The predicted octanol–water partition coefficient (Wildman–Crippen LogP) is -1.75. The number of methoxy groups -OCH3 is 1. The Balaban J connectivity index is 1.86. The van der Waals surface area contributed by atoms with E-state index in [1.807, 2.05) is 0 Å². The highest BCUT2D eigenvalue weighted by molar-refractivity contribution is 8.00. The molecule has 0 radical (unpaired) electrons. The highest BCUT2D eigenvalue weighted by Gasteiger charge is 2.50. The SMILES string of the molecule is COC(=O)CCCCCCCCO[C@H]1O[C@H](CO)[C@@H](O)[C@H](O)[C@@H]1O[C@H]1S[C@H](CO)[C@@H](O)[C@H](O)[C@@H]1O.